The number of hydrogen-bond acceptors (Lipinski definition) is 4. The first kappa shape index (κ1) is 18.7. The Morgan fingerprint density at radius 2 is 1.70 bits per heavy atom. The van der Waals surface area contributed by atoms with E-state index < -0.39 is 0 Å². The smallest absolute Gasteiger partial charge is 0.238 e. The van der Waals surface area contributed by atoms with Crippen molar-refractivity contribution in [1.29, 1.82) is 0 Å². The molecule has 0 unspecified atom stereocenters. The van der Waals surface area contributed by atoms with Gasteiger partial charge in [-0.2, -0.15) is 0 Å². The summed E-state index contributed by atoms with van der Waals surface area (Å²) in [7, 11) is 5.09. The van der Waals surface area contributed by atoms with Gasteiger partial charge in [-0.1, -0.05) is 42.5 Å². The van der Waals surface area contributed by atoms with Gasteiger partial charge in [0.05, 0.1) is 20.8 Å². The van der Waals surface area contributed by atoms with Crippen LogP contribution in [0.4, 0.5) is 5.69 Å². The molecule has 0 aliphatic heterocycles. The molecule has 0 saturated heterocycles. The first-order valence-electron chi connectivity index (χ1n) is 8.78. The SMILES string of the molecule is COc1ccc(NC(=O)CN(C)Cc2cccc3ccccc23)cc1OC. The van der Waals surface area contributed by atoms with Crippen molar-refractivity contribution in [3.63, 3.8) is 0 Å². The van der Waals surface area contributed by atoms with Gasteiger partial charge < -0.3 is 14.8 Å². The summed E-state index contributed by atoms with van der Waals surface area (Å²) in [6.07, 6.45) is 0. The Morgan fingerprint density at radius 3 is 2.48 bits per heavy atom. The second-order valence-electron chi connectivity index (χ2n) is 6.43. The van der Waals surface area contributed by atoms with Crippen LogP contribution >= 0.6 is 0 Å². The van der Waals surface area contributed by atoms with E-state index in [0.29, 0.717) is 23.7 Å². The largest absolute Gasteiger partial charge is 0.493 e. The van der Waals surface area contributed by atoms with E-state index in [1.54, 1.807) is 32.4 Å². The average molecular weight is 364 g/mol. The lowest BCUT2D eigenvalue weighted by molar-refractivity contribution is -0.117. The molecule has 0 fully saturated rings. The number of anilines is 1. The van der Waals surface area contributed by atoms with E-state index in [1.165, 1.54) is 16.3 Å². The van der Waals surface area contributed by atoms with E-state index in [0.717, 1.165) is 0 Å². The number of carbonyl (C=O) groups is 1. The number of likely N-dealkylation sites (N-methyl/N-ethyl adjacent to an activating group) is 1. The third kappa shape index (κ3) is 4.57. The highest BCUT2D eigenvalue weighted by Crippen LogP contribution is 2.29. The molecular formula is C22H24N2O3. The van der Waals surface area contributed by atoms with E-state index in [9.17, 15) is 4.79 Å². The molecule has 1 N–H and O–H groups in total. The lowest BCUT2D eigenvalue weighted by Crippen LogP contribution is -2.29. The lowest BCUT2D eigenvalue weighted by atomic mass is 10.0. The number of nitrogens with zero attached hydrogens (tertiary/aromatic N) is 1. The van der Waals surface area contributed by atoms with Gasteiger partial charge in [0.15, 0.2) is 11.5 Å². The first-order chi connectivity index (χ1) is 13.1. The minimum Gasteiger partial charge on any atom is -0.493 e. The molecule has 27 heavy (non-hydrogen) atoms. The molecule has 5 heteroatoms. The van der Waals surface area contributed by atoms with Crippen LogP contribution in [0, 0.1) is 0 Å². The van der Waals surface area contributed by atoms with Crippen molar-refractivity contribution in [1.82, 2.24) is 4.90 Å². The van der Waals surface area contributed by atoms with Gasteiger partial charge in [0.1, 0.15) is 0 Å². The van der Waals surface area contributed by atoms with Crippen molar-refractivity contribution in [2.75, 3.05) is 33.1 Å². The average Bonchev–Trinajstić information content (AvgIpc) is 2.68. The van der Waals surface area contributed by atoms with Gasteiger partial charge in [0.2, 0.25) is 5.91 Å². The highest BCUT2D eigenvalue weighted by atomic mass is 16.5. The molecule has 0 aliphatic rings. The number of fused-ring (bicyclic) bond motifs is 1. The summed E-state index contributed by atoms with van der Waals surface area (Å²) in [5, 5.41) is 5.33. The molecule has 3 aromatic carbocycles. The molecule has 5 nitrogen and oxygen atoms in total. The Morgan fingerprint density at radius 1 is 0.963 bits per heavy atom. The van der Waals surface area contributed by atoms with Crippen LogP contribution in [-0.2, 0) is 11.3 Å². The van der Waals surface area contributed by atoms with Gasteiger partial charge >= 0.3 is 0 Å². The third-order valence-electron chi connectivity index (χ3n) is 4.40. The molecule has 0 aliphatic carbocycles. The van der Waals surface area contributed by atoms with Crippen LogP contribution in [-0.4, -0.2) is 38.6 Å². The van der Waals surface area contributed by atoms with Crippen molar-refractivity contribution in [3.8, 4) is 11.5 Å². The van der Waals surface area contributed by atoms with E-state index >= 15 is 0 Å². The number of methoxy groups -OCH3 is 2. The molecular weight excluding hydrogens is 340 g/mol. The zero-order valence-electron chi connectivity index (χ0n) is 15.9. The maximum atomic E-state index is 12.4. The van der Waals surface area contributed by atoms with Crippen molar-refractivity contribution in [3.05, 3.63) is 66.2 Å². The highest BCUT2D eigenvalue weighted by Gasteiger charge is 2.11. The maximum Gasteiger partial charge on any atom is 0.238 e. The monoisotopic (exact) mass is 364 g/mol. The van der Waals surface area contributed by atoms with E-state index in [4.69, 9.17) is 9.47 Å². The third-order valence-corrected chi connectivity index (χ3v) is 4.40. The van der Waals surface area contributed by atoms with Crippen LogP contribution < -0.4 is 14.8 Å². The highest BCUT2D eigenvalue weighted by molar-refractivity contribution is 5.92. The molecule has 0 spiro atoms. The Bertz CT molecular complexity index is 934. The van der Waals surface area contributed by atoms with Gasteiger partial charge in [-0.3, -0.25) is 9.69 Å². The van der Waals surface area contributed by atoms with Gasteiger partial charge in [0, 0.05) is 18.3 Å². The summed E-state index contributed by atoms with van der Waals surface area (Å²) < 4.78 is 10.5. The Hall–Kier alpha value is -3.05. The summed E-state index contributed by atoms with van der Waals surface area (Å²) in [4.78, 5) is 14.4. The van der Waals surface area contributed by atoms with E-state index in [-0.39, 0.29) is 12.5 Å². The molecule has 140 valence electrons. The molecule has 0 aromatic heterocycles. The van der Waals surface area contributed by atoms with Gasteiger partial charge in [-0.25, -0.2) is 0 Å². The minimum atomic E-state index is -0.0787. The van der Waals surface area contributed by atoms with Gasteiger partial charge in [0.25, 0.3) is 0 Å². The van der Waals surface area contributed by atoms with Crippen LogP contribution in [0.3, 0.4) is 0 Å². The zero-order chi connectivity index (χ0) is 19.2. The second kappa shape index (κ2) is 8.56. The minimum absolute atomic E-state index is 0.0787. The number of hydrogen-bond donors (Lipinski definition) is 1. The van der Waals surface area contributed by atoms with Crippen molar-refractivity contribution in [2.24, 2.45) is 0 Å². The summed E-state index contributed by atoms with van der Waals surface area (Å²) in [5.74, 6) is 1.13. The molecule has 0 saturated carbocycles. The summed E-state index contributed by atoms with van der Waals surface area (Å²) in [6, 6.07) is 19.9. The number of amides is 1. The van der Waals surface area contributed by atoms with Gasteiger partial charge in [-0.15, -0.1) is 0 Å². The molecule has 3 rings (SSSR count). The van der Waals surface area contributed by atoms with Crippen molar-refractivity contribution >= 4 is 22.4 Å². The van der Waals surface area contributed by atoms with Crippen LogP contribution in [0.1, 0.15) is 5.56 Å². The molecule has 0 atom stereocenters. The van der Waals surface area contributed by atoms with Gasteiger partial charge in [-0.05, 0) is 35.5 Å². The predicted octanol–water partition coefficient (Wildman–Crippen LogP) is 3.93. The number of rotatable bonds is 7. The predicted molar refractivity (Wildman–Crippen MR) is 108 cm³/mol. The number of carbonyl (C=O) groups excluding carboxylic acids is 1. The van der Waals surface area contributed by atoms with Crippen LogP contribution in [0.2, 0.25) is 0 Å². The fourth-order valence-electron chi connectivity index (χ4n) is 3.14. The fourth-order valence-corrected chi connectivity index (χ4v) is 3.14. The molecule has 0 radical (unpaired) electrons. The zero-order valence-corrected chi connectivity index (χ0v) is 15.9. The Balaban J connectivity index is 1.64. The first-order valence-corrected chi connectivity index (χ1v) is 8.78. The maximum absolute atomic E-state index is 12.4. The van der Waals surface area contributed by atoms with Crippen molar-refractivity contribution < 1.29 is 14.3 Å². The van der Waals surface area contributed by atoms with Crippen molar-refractivity contribution in [2.45, 2.75) is 6.54 Å². The standard InChI is InChI=1S/C22H24N2O3/c1-24(14-17-9-6-8-16-7-4-5-10-19(16)17)15-22(25)23-18-11-12-20(26-2)21(13-18)27-3/h4-13H,14-15H2,1-3H3,(H,23,25). The normalized spacial score (nSPS) is 10.8. The van der Waals surface area contributed by atoms with Crippen LogP contribution in [0.25, 0.3) is 10.8 Å². The van der Waals surface area contributed by atoms with Crippen LogP contribution in [0.5, 0.6) is 11.5 Å². The van der Waals surface area contributed by atoms with Crippen LogP contribution in [0.15, 0.2) is 60.7 Å². The van der Waals surface area contributed by atoms with E-state index in [2.05, 4.69) is 35.6 Å². The summed E-state index contributed by atoms with van der Waals surface area (Å²) in [6.45, 7) is 0.984. The fraction of sp³-hybridized carbons (Fsp3) is 0.227. The van der Waals surface area contributed by atoms with E-state index in [1.807, 2.05) is 24.1 Å². The molecule has 0 heterocycles. The molecule has 3 aromatic rings. The quantitative estimate of drug-likeness (QED) is 0.690. The number of benzene rings is 3. The Kier molecular flexibility index (Phi) is 5.94. The topological polar surface area (TPSA) is 50.8 Å². The summed E-state index contributed by atoms with van der Waals surface area (Å²) >= 11 is 0. The summed E-state index contributed by atoms with van der Waals surface area (Å²) in [5.41, 5.74) is 1.88. The number of nitrogens with one attached hydrogen (secondary N) is 1. The molecule has 0 bridgehead atoms. The molecule has 1 amide bonds. The second-order valence-corrected chi connectivity index (χ2v) is 6.43. The Labute approximate surface area is 159 Å². The lowest BCUT2D eigenvalue weighted by Gasteiger charge is -2.18. The number of ether oxygens (including phenoxy) is 2.